The number of aromatic nitrogens is 4. The summed E-state index contributed by atoms with van der Waals surface area (Å²) in [6.45, 7) is 1.07. The number of H-pyrrole nitrogens is 1. The molecule has 0 aliphatic carbocycles. The van der Waals surface area contributed by atoms with Gasteiger partial charge in [-0.1, -0.05) is 17.3 Å². The van der Waals surface area contributed by atoms with E-state index in [1.165, 1.54) is 18.2 Å². The van der Waals surface area contributed by atoms with Crippen LogP contribution in [0.25, 0.3) is 0 Å². The van der Waals surface area contributed by atoms with Gasteiger partial charge >= 0.3 is 6.18 Å². The predicted molar refractivity (Wildman–Crippen MR) is 100 cm³/mol. The summed E-state index contributed by atoms with van der Waals surface area (Å²) >= 11 is 0. The molecule has 4 rings (SSSR count). The van der Waals surface area contributed by atoms with Gasteiger partial charge < -0.3 is 9.64 Å². The van der Waals surface area contributed by atoms with Crippen LogP contribution in [0, 0.1) is 0 Å². The first-order valence-electron chi connectivity index (χ1n) is 9.38. The summed E-state index contributed by atoms with van der Waals surface area (Å²) in [7, 11) is 0. The lowest BCUT2D eigenvalue weighted by Gasteiger charge is -2.31. The van der Waals surface area contributed by atoms with Crippen LogP contribution in [0.3, 0.4) is 0 Å². The fraction of sp³-hybridized carbons (Fsp3) is 0.300. The lowest BCUT2D eigenvalue weighted by Crippen LogP contribution is -2.39. The molecule has 1 atom stereocenters. The molecule has 2 aromatic carbocycles. The largest absolute Gasteiger partial charge is 0.457 e. The number of hydrogen-bond donors (Lipinski definition) is 1. The number of likely N-dealkylation sites (tertiary alicyclic amines) is 1. The first-order chi connectivity index (χ1) is 14.4. The van der Waals surface area contributed by atoms with Crippen molar-refractivity contribution in [1.82, 2.24) is 25.5 Å². The summed E-state index contributed by atoms with van der Waals surface area (Å²) in [5.41, 5.74) is -0.402. The Morgan fingerprint density at radius 3 is 2.63 bits per heavy atom. The fourth-order valence-electron chi connectivity index (χ4n) is 3.46. The van der Waals surface area contributed by atoms with Gasteiger partial charge in [-0.25, -0.2) is 0 Å². The molecule has 1 aliphatic rings. The summed E-state index contributed by atoms with van der Waals surface area (Å²) < 4.78 is 44.3. The Hall–Kier alpha value is -3.43. The second-order valence-corrected chi connectivity index (χ2v) is 7.02. The first kappa shape index (κ1) is 19.9. The van der Waals surface area contributed by atoms with Crippen molar-refractivity contribution in [3.63, 3.8) is 0 Å². The minimum Gasteiger partial charge on any atom is -0.457 e. The number of carbonyl (C=O) groups excluding carboxylic acids is 1. The molecule has 1 saturated heterocycles. The quantitative estimate of drug-likeness (QED) is 0.693. The number of rotatable bonds is 4. The molecule has 156 valence electrons. The highest BCUT2D eigenvalue weighted by molar-refractivity contribution is 5.94. The summed E-state index contributed by atoms with van der Waals surface area (Å²) in [6.07, 6.45) is -2.78. The van der Waals surface area contributed by atoms with Crippen LogP contribution in [0.4, 0.5) is 13.2 Å². The van der Waals surface area contributed by atoms with E-state index in [9.17, 15) is 18.0 Å². The average Bonchev–Trinajstić information content (AvgIpc) is 3.28. The summed E-state index contributed by atoms with van der Waals surface area (Å²) in [6, 6.07) is 11.0. The van der Waals surface area contributed by atoms with Gasteiger partial charge in [0.25, 0.3) is 5.91 Å². The fourth-order valence-corrected chi connectivity index (χ4v) is 3.46. The second kappa shape index (κ2) is 8.13. The molecule has 0 saturated carbocycles. The Kier molecular flexibility index (Phi) is 5.39. The number of halogens is 3. The summed E-state index contributed by atoms with van der Waals surface area (Å²) in [5, 5.41) is 14.0. The van der Waals surface area contributed by atoms with Crippen molar-refractivity contribution in [2.24, 2.45) is 0 Å². The Balaban J connectivity index is 1.48. The topological polar surface area (TPSA) is 84.0 Å². The van der Waals surface area contributed by atoms with Gasteiger partial charge in [0.1, 0.15) is 11.5 Å². The Morgan fingerprint density at radius 1 is 1.13 bits per heavy atom. The molecule has 1 fully saturated rings. The molecule has 10 heteroatoms. The highest BCUT2D eigenvalue weighted by Gasteiger charge is 2.31. The SMILES string of the molecule is O=C(c1cccc(Oc2cccc(C(F)(F)F)c2)c1)N1CCC[C@@H](c2nn[nH]n2)C1. The molecular formula is C20H18F3N5O2. The van der Waals surface area contributed by atoms with E-state index < -0.39 is 11.7 Å². The van der Waals surface area contributed by atoms with Crippen molar-refractivity contribution < 1.29 is 22.7 Å². The van der Waals surface area contributed by atoms with Crippen molar-refractivity contribution in [2.45, 2.75) is 24.9 Å². The highest BCUT2D eigenvalue weighted by Crippen LogP contribution is 2.33. The Bertz CT molecular complexity index is 1020. The number of carbonyl (C=O) groups is 1. The Morgan fingerprint density at radius 2 is 1.90 bits per heavy atom. The maximum absolute atomic E-state index is 13.0. The number of amides is 1. The lowest BCUT2D eigenvalue weighted by atomic mass is 9.97. The van der Waals surface area contributed by atoms with Gasteiger partial charge in [-0.3, -0.25) is 4.79 Å². The molecule has 2 heterocycles. The zero-order chi connectivity index (χ0) is 21.1. The van der Waals surface area contributed by atoms with E-state index in [4.69, 9.17) is 4.74 Å². The maximum Gasteiger partial charge on any atom is 0.416 e. The predicted octanol–water partition coefficient (Wildman–Crippen LogP) is 4.03. The number of nitrogens with zero attached hydrogens (tertiary/aromatic N) is 4. The van der Waals surface area contributed by atoms with Crippen molar-refractivity contribution >= 4 is 5.91 Å². The average molecular weight is 417 g/mol. The molecule has 7 nitrogen and oxygen atoms in total. The number of benzene rings is 2. The van der Waals surface area contributed by atoms with Crippen LogP contribution in [0.15, 0.2) is 48.5 Å². The third-order valence-electron chi connectivity index (χ3n) is 4.91. The molecule has 1 N–H and O–H groups in total. The number of tetrazole rings is 1. The smallest absolute Gasteiger partial charge is 0.416 e. The number of alkyl halides is 3. The van der Waals surface area contributed by atoms with Crippen LogP contribution < -0.4 is 4.74 Å². The van der Waals surface area contributed by atoms with Crippen LogP contribution in [0.2, 0.25) is 0 Å². The zero-order valence-electron chi connectivity index (χ0n) is 15.8. The summed E-state index contributed by atoms with van der Waals surface area (Å²) in [4.78, 5) is 14.7. The molecule has 0 bridgehead atoms. The van der Waals surface area contributed by atoms with Crippen LogP contribution in [0.1, 0.15) is 40.5 Å². The molecule has 1 aromatic heterocycles. The molecule has 1 aliphatic heterocycles. The van der Waals surface area contributed by atoms with E-state index in [2.05, 4.69) is 20.6 Å². The van der Waals surface area contributed by atoms with Gasteiger partial charge in [0.15, 0.2) is 5.82 Å². The monoisotopic (exact) mass is 417 g/mol. The van der Waals surface area contributed by atoms with E-state index in [0.29, 0.717) is 24.5 Å². The van der Waals surface area contributed by atoms with Gasteiger partial charge in [0, 0.05) is 24.6 Å². The van der Waals surface area contributed by atoms with Gasteiger partial charge in [-0.2, -0.15) is 18.4 Å². The third kappa shape index (κ3) is 4.42. The van der Waals surface area contributed by atoms with E-state index in [1.807, 2.05) is 0 Å². The molecule has 3 aromatic rings. The van der Waals surface area contributed by atoms with Gasteiger partial charge in [-0.05, 0) is 49.2 Å². The number of hydrogen-bond acceptors (Lipinski definition) is 5. The minimum absolute atomic E-state index is 0.00555. The van der Waals surface area contributed by atoms with E-state index in [1.54, 1.807) is 23.1 Å². The van der Waals surface area contributed by atoms with E-state index in [-0.39, 0.29) is 23.3 Å². The first-order valence-corrected chi connectivity index (χ1v) is 9.38. The third-order valence-corrected chi connectivity index (χ3v) is 4.91. The highest BCUT2D eigenvalue weighted by atomic mass is 19.4. The number of piperidine rings is 1. The number of aromatic amines is 1. The lowest BCUT2D eigenvalue weighted by molar-refractivity contribution is -0.137. The van der Waals surface area contributed by atoms with Crippen LogP contribution >= 0.6 is 0 Å². The van der Waals surface area contributed by atoms with Gasteiger partial charge in [-0.15, -0.1) is 10.2 Å². The second-order valence-electron chi connectivity index (χ2n) is 7.02. The molecule has 0 radical (unpaired) electrons. The van der Waals surface area contributed by atoms with Crippen molar-refractivity contribution in [1.29, 1.82) is 0 Å². The maximum atomic E-state index is 13.0. The number of ether oxygens (including phenoxy) is 1. The molecule has 30 heavy (non-hydrogen) atoms. The molecule has 0 spiro atoms. The summed E-state index contributed by atoms with van der Waals surface area (Å²) in [5.74, 6) is 0.731. The Labute approximate surface area is 169 Å². The number of nitrogens with one attached hydrogen (secondary N) is 1. The standard InChI is InChI=1S/C20H18F3N5O2/c21-20(22,23)15-6-2-8-17(11-15)30-16-7-1-4-13(10-16)19(29)28-9-3-5-14(12-28)18-24-26-27-25-18/h1-2,4,6-8,10-11,14H,3,5,9,12H2,(H,24,25,26,27)/t14-/m1/s1. The van der Waals surface area contributed by atoms with Crippen LogP contribution in [0.5, 0.6) is 11.5 Å². The van der Waals surface area contributed by atoms with Crippen molar-refractivity contribution in [3.05, 3.63) is 65.5 Å². The van der Waals surface area contributed by atoms with Gasteiger partial charge in [0.2, 0.25) is 0 Å². The molecule has 0 unspecified atom stereocenters. The van der Waals surface area contributed by atoms with E-state index in [0.717, 1.165) is 25.0 Å². The van der Waals surface area contributed by atoms with E-state index >= 15 is 0 Å². The van der Waals surface area contributed by atoms with Crippen molar-refractivity contribution in [2.75, 3.05) is 13.1 Å². The van der Waals surface area contributed by atoms with Crippen LogP contribution in [-0.4, -0.2) is 44.5 Å². The zero-order valence-corrected chi connectivity index (χ0v) is 15.8. The van der Waals surface area contributed by atoms with Crippen molar-refractivity contribution in [3.8, 4) is 11.5 Å². The molecular weight excluding hydrogens is 399 g/mol. The normalized spacial score (nSPS) is 17.0. The molecule has 1 amide bonds. The van der Waals surface area contributed by atoms with Crippen LogP contribution in [-0.2, 0) is 6.18 Å². The van der Waals surface area contributed by atoms with Gasteiger partial charge in [0.05, 0.1) is 5.56 Å². The minimum atomic E-state index is -4.46.